The Bertz CT molecular complexity index is 858. The average molecular weight is 399 g/mol. The van der Waals surface area contributed by atoms with Crippen LogP contribution in [0.4, 0.5) is 5.69 Å². The van der Waals surface area contributed by atoms with E-state index in [1.165, 1.54) is 5.56 Å². The number of rotatable bonds is 8. The van der Waals surface area contributed by atoms with Crippen LogP contribution in [0.25, 0.3) is 0 Å². The lowest BCUT2D eigenvalue weighted by molar-refractivity contribution is -0.138. The quantitative estimate of drug-likeness (QED) is 0.656. The van der Waals surface area contributed by atoms with E-state index in [-0.39, 0.29) is 18.4 Å². The molecule has 2 rings (SSSR count). The van der Waals surface area contributed by atoms with Crippen molar-refractivity contribution in [3.8, 4) is 11.5 Å². The Hall–Kier alpha value is -3.02. The highest BCUT2D eigenvalue weighted by atomic mass is 16.5. The number of ether oxygens (including phenoxy) is 2. The van der Waals surface area contributed by atoms with Crippen molar-refractivity contribution >= 4 is 17.5 Å². The van der Waals surface area contributed by atoms with Crippen LogP contribution < -0.4 is 20.1 Å². The molecule has 0 spiro atoms. The molecule has 0 aromatic heterocycles. The molecule has 0 atom stereocenters. The van der Waals surface area contributed by atoms with Gasteiger partial charge in [0.1, 0.15) is 5.41 Å². The first kappa shape index (κ1) is 22.3. The van der Waals surface area contributed by atoms with Crippen LogP contribution in [0, 0.1) is 5.41 Å². The van der Waals surface area contributed by atoms with Crippen LogP contribution in [0.2, 0.25) is 0 Å². The van der Waals surface area contributed by atoms with E-state index in [0.717, 1.165) is 5.56 Å². The Labute approximate surface area is 172 Å². The highest BCUT2D eigenvalue weighted by molar-refractivity contribution is 6.09. The summed E-state index contributed by atoms with van der Waals surface area (Å²) in [5.41, 5.74) is 1.47. The van der Waals surface area contributed by atoms with Crippen LogP contribution in [-0.2, 0) is 16.1 Å². The van der Waals surface area contributed by atoms with E-state index in [1.807, 2.05) is 30.3 Å². The lowest BCUT2D eigenvalue weighted by Crippen LogP contribution is -2.44. The first-order chi connectivity index (χ1) is 13.7. The summed E-state index contributed by atoms with van der Waals surface area (Å²) in [6.45, 7) is 7.71. The molecule has 0 saturated heterocycles. The second kappa shape index (κ2) is 9.45. The lowest BCUT2D eigenvalue weighted by Gasteiger charge is -2.23. The van der Waals surface area contributed by atoms with Crippen LogP contribution in [0.15, 0.2) is 42.5 Å². The summed E-state index contributed by atoms with van der Waals surface area (Å²) in [6, 6.07) is 13.1. The maximum atomic E-state index is 12.7. The fraction of sp³-hybridized carbons (Fsp3) is 0.391. The molecule has 0 aliphatic rings. The molecule has 2 aromatic rings. The Kier molecular flexibility index (Phi) is 7.26. The molecule has 0 fully saturated rings. The Morgan fingerprint density at radius 1 is 0.931 bits per heavy atom. The van der Waals surface area contributed by atoms with Crippen molar-refractivity contribution in [3.63, 3.8) is 0 Å². The van der Waals surface area contributed by atoms with Gasteiger partial charge in [0.25, 0.3) is 0 Å². The van der Waals surface area contributed by atoms with Gasteiger partial charge in [-0.2, -0.15) is 0 Å². The molecule has 0 radical (unpaired) electrons. The summed E-state index contributed by atoms with van der Waals surface area (Å²) in [5.74, 6) is 0.897. The molecular weight excluding hydrogens is 368 g/mol. The highest BCUT2D eigenvalue weighted by Crippen LogP contribution is 2.28. The monoisotopic (exact) mass is 398 g/mol. The second-order valence-corrected chi connectivity index (χ2v) is 7.73. The van der Waals surface area contributed by atoms with Crippen molar-refractivity contribution in [2.75, 3.05) is 19.5 Å². The standard InChI is InChI=1S/C23H30N2O4/c1-15(2)17-8-10-18(11-9-17)25-22(27)23(3,4)21(26)24-14-16-7-12-19(28-5)20(13-16)29-6/h7-13,15H,14H2,1-6H3,(H,24,26)(H,25,27). The molecule has 29 heavy (non-hydrogen) atoms. The topological polar surface area (TPSA) is 76.7 Å². The van der Waals surface area contributed by atoms with Crippen LogP contribution in [-0.4, -0.2) is 26.0 Å². The van der Waals surface area contributed by atoms with E-state index in [1.54, 1.807) is 40.2 Å². The number of nitrogens with one attached hydrogen (secondary N) is 2. The number of anilines is 1. The van der Waals surface area contributed by atoms with E-state index in [0.29, 0.717) is 23.1 Å². The van der Waals surface area contributed by atoms with Gasteiger partial charge in [-0.3, -0.25) is 9.59 Å². The molecule has 0 aliphatic carbocycles. The summed E-state index contributed by atoms with van der Waals surface area (Å²) in [5, 5.41) is 5.65. The number of methoxy groups -OCH3 is 2. The number of benzene rings is 2. The van der Waals surface area contributed by atoms with E-state index in [2.05, 4.69) is 24.5 Å². The minimum absolute atomic E-state index is 0.277. The molecule has 0 aliphatic heterocycles. The summed E-state index contributed by atoms with van der Waals surface area (Å²) in [7, 11) is 3.12. The molecule has 2 N–H and O–H groups in total. The first-order valence-corrected chi connectivity index (χ1v) is 9.59. The summed E-state index contributed by atoms with van der Waals surface area (Å²) >= 11 is 0. The fourth-order valence-electron chi connectivity index (χ4n) is 2.74. The highest BCUT2D eigenvalue weighted by Gasteiger charge is 2.36. The molecule has 0 bridgehead atoms. The molecule has 6 heteroatoms. The molecule has 0 heterocycles. The SMILES string of the molecule is COc1ccc(CNC(=O)C(C)(C)C(=O)Nc2ccc(C(C)C)cc2)cc1OC. The van der Waals surface area contributed by atoms with Crippen molar-refractivity contribution < 1.29 is 19.1 Å². The molecule has 156 valence electrons. The van der Waals surface area contributed by atoms with E-state index in [4.69, 9.17) is 9.47 Å². The number of hydrogen-bond donors (Lipinski definition) is 2. The van der Waals surface area contributed by atoms with Gasteiger partial charge in [0.15, 0.2) is 11.5 Å². The maximum absolute atomic E-state index is 12.7. The summed E-state index contributed by atoms with van der Waals surface area (Å²) in [6.07, 6.45) is 0. The molecular formula is C23H30N2O4. The van der Waals surface area contributed by atoms with Gasteiger partial charge in [0.05, 0.1) is 14.2 Å². The molecule has 2 amide bonds. The molecule has 0 saturated carbocycles. The Morgan fingerprint density at radius 2 is 1.55 bits per heavy atom. The van der Waals surface area contributed by atoms with Crippen molar-refractivity contribution in [1.29, 1.82) is 0 Å². The minimum Gasteiger partial charge on any atom is -0.493 e. The molecule has 2 aromatic carbocycles. The van der Waals surface area contributed by atoms with Gasteiger partial charge >= 0.3 is 0 Å². The van der Waals surface area contributed by atoms with Crippen molar-refractivity contribution in [1.82, 2.24) is 5.32 Å². The van der Waals surface area contributed by atoms with Crippen LogP contribution in [0.5, 0.6) is 11.5 Å². The normalized spacial score (nSPS) is 11.1. The zero-order chi connectivity index (χ0) is 21.6. The predicted molar refractivity (Wildman–Crippen MR) is 114 cm³/mol. The first-order valence-electron chi connectivity index (χ1n) is 9.59. The van der Waals surface area contributed by atoms with E-state index in [9.17, 15) is 9.59 Å². The summed E-state index contributed by atoms with van der Waals surface area (Å²) in [4.78, 5) is 25.3. The lowest BCUT2D eigenvalue weighted by atomic mass is 9.90. The third-order valence-corrected chi connectivity index (χ3v) is 4.87. The zero-order valence-electron chi connectivity index (χ0n) is 18.0. The Balaban J connectivity index is 2.00. The van der Waals surface area contributed by atoms with Crippen molar-refractivity contribution in [2.45, 2.75) is 40.2 Å². The van der Waals surface area contributed by atoms with Crippen LogP contribution in [0.3, 0.4) is 0 Å². The fourth-order valence-corrected chi connectivity index (χ4v) is 2.74. The van der Waals surface area contributed by atoms with Gasteiger partial charge in [0.2, 0.25) is 11.8 Å². The van der Waals surface area contributed by atoms with E-state index < -0.39 is 5.41 Å². The van der Waals surface area contributed by atoms with Gasteiger partial charge in [-0.05, 0) is 55.2 Å². The van der Waals surface area contributed by atoms with Gasteiger partial charge in [-0.1, -0.05) is 32.0 Å². The van der Waals surface area contributed by atoms with Gasteiger partial charge < -0.3 is 20.1 Å². The minimum atomic E-state index is -1.23. The zero-order valence-corrected chi connectivity index (χ0v) is 18.0. The number of carbonyl (C=O) groups excluding carboxylic acids is 2. The average Bonchev–Trinajstić information content (AvgIpc) is 2.71. The number of amides is 2. The van der Waals surface area contributed by atoms with Crippen LogP contribution >= 0.6 is 0 Å². The predicted octanol–water partition coefficient (Wildman–Crippen LogP) is 4.11. The smallest absolute Gasteiger partial charge is 0.239 e. The van der Waals surface area contributed by atoms with Gasteiger partial charge in [-0.15, -0.1) is 0 Å². The third-order valence-electron chi connectivity index (χ3n) is 4.87. The second-order valence-electron chi connectivity index (χ2n) is 7.73. The number of carbonyl (C=O) groups is 2. The number of hydrogen-bond acceptors (Lipinski definition) is 4. The molecule has 6 nitrogen and oxygen atoms in total. The largest absolute Gasteiger partial charge is 0.493 e. The maximum Gasteiger partial charge on any atom is 0.239 e. The van der Waals surface area contributed by atoms with E-state index >= 15 is 0 Å². The Morgan fingerprint density at radius 3 is 2.10 bits per heavy atom. The van der Waals surface area contributed by atoms with Crippen LogP contribution in [0.1, 0.15) is 44.7 Å². The van der Waals surface area contributed by atoms with Crippen molar-refractivity contribution in [3.05, 3.63) is 53.6 Å². The third kappa shape index (κ3) is 5.50. The van der Waals surface area contributed by atoms with Gasteiger partial charge in [0, 0.05) is 12.2 Å². The summed E-state index contributed by atoms with van der Waals surface area (Å²) < 4.78 is 10.5. The molecule has 0 unspecified atom stereocenters. The van der Waals surface area contributed by atoms with Gasteiger partial charge in [-0.25, -0.2) is 0 Å². The van der Waals surface area contributed by atoms with Crippen molar-refractivity contribution in [2.24, 2.45) is 5.41 Å².